The smallest absolute Gasteiger partial charge is 0.228 e. The van der Waals surface area contributed by atoms with Crippen LogP contribution >= 0.6 is 11.6 Å². The van der Waals surface area contributed by atoms with Gasteiger partial charge in [-0.2, -0.15) is 0 Å². The van der Waals surface area contributed by atoms with Crippen molar-refractivity contribution in [1.29, 1.82) is 0 Å². The van der Waals surface area contributed by atoms with E-state index in [1.165, 1.54) is 12.3 Å². The zero-order chi connectivity index (χ0) is 18.5. The number of ketones is 1. The zero-order valence-corrected chi connectivity index (χ0v) is 14.8. The average Bonchev–Trinajstić information content (AvgIpc) is 3.21. The van der Waals surface area contributed by atoms with Crippen LogP contribution in [0.2, 0.25) is 5.02 Å². The Bertz CT molecular complexity index is 862. The third kappa shape index (κ3) is 3.90. The third-order valence-corrected chi connectivity index (χ3v) is 4.25. The molecule has 1 aromatic heterocycles. The molecular weight excluding hydrogens is 354 g/mol. The fraction of sp³-hybridized carbons (Fsp3) is 0.150. The topological polar surface area (TPSA) is 71.7 Å². The second-order valence-electron chi connectivity index (χ2n) is 5.66. The highest BCUT2D eigenvalue weighted by atomic mass is 35.5. The molecule has 0 unspecified atom stereocenters. The molecule has 2 atom stereocenters. The predicted octanol–water partition coefficient (Wildman–Crippen LogP) is 4.34. The molecule has 0 saturated carbocycles. The van der Waals surface area contributed by atoms with E-state index in [1.807, 2.05) is 18.2 Å². The van der Waals surface area contributed by atoms with Crippen LogP contribution in [0.25, 0.3) is 0 Å². The second-order valence-corrected chi connectivity index (χ2v) is 6.10. The molecule has 0 spiro atoms. The van der Waals surface area contributed by atoms with Crippen LogP contribution in [0.15, 0.2) is 71.3 Å². The number of nitrogens with one attached hydrogen (secondary N) is 1. The first kappa shape index (κ1) is 18.0. The largest absolute Gasteiger partial charge is 0.495 e. The van der Waals surface area contributed by atoms with Crippen molar-refractivity contribution in [2.24, 2.45) is 0 Å². The molecular formula is C20H18ClNO4. The summed E-state index contributed by atoms with van der Waals surface area (Å²) in [6.07, 6.45) is 0.0255. The lowest BCUT2D eigenvalue weighted by Gasteiger charge is -2.25. The monoisotopic (exact) mass is 371 g/mol. The van der Waals surface area contributed by atoms with Crippen molar-refractivity contribution in [2.75, 3.05) is 12.4 Å². The number of anilines is 1. The van der Waals surface area contributed by atoms with Crippen molar-refractivity contribution in [3.8, 4) is 5.75 Å². The number of hydrogen-bond donors (Lipinski definition) is 2. The van der Waals surface area contributed by atoms with E-state index in [0.29, 0.717) is 22.0 Å². The first-order chi connectivity index (χ1) is 12.6. The van der Waals surface area contributed by atoms with E-state index >= 15 is 0 Å². The highest BCUT2D eigenvalue weighted by Gasteiger charge is 2.30. The summed E-state index contributed by atoms with van der Waals surface area (Å²) in [5, 5.41) is 14.5. The van der Waals surface area contributed by atoms with Crippen LogP contribution in [-0.2, 0) is 0 Å². The van der Waals surface area contributed by atoms with E-state index in [9.17, 15) is 9.90 Å². The van der Waals surface area contributed by atoms with Crippen LogP contribution in [0, 0.1) is 0 Å². The number of carbonyl (C=O) groups excluding carboxylic acids is 1. The molecule has 5 nitrogen and oxygen atoms in total. The van der Waals surface area contributed by atoms with Gasteiger partial charge < -0.3 is 19.6 Å². The number of furan rings is 1. The van der Waals surface area contributed by atoms with E-state index in [-0.39, 0.29) is 5.76 Å². The molecule has 0 saturated heterocycles. The van der Waals surface area contributed by atoms with Crippen molar-refractivity contribution in [1.82, 2.24) is 0 Å². The Morgan fingerprint density at radius 3 is 2.50 bits per heavy atom. The van der Waals surface area contributed by atoms with Crippen LogP contribution in [0.3, 0.4) is 0 Å². The fourth-order valence-corrected chi connectivity index (χ4v) is 2.79. The summed E-state index contributed by atoms with van der Waals surface area (Å²) >= 11 is 5.96. The second kappa shape index (κ2) is 8.08. The molecule has 26 heavy (non-hydrogen) atoms. The van der Waals surface area contributed by atoms with Gasteiger partial charge in [0, 0.05) is 5.02 Å². The maximum absolute atomic E-state index is 12.6. The van der Waals surface area contributed by atoms with Crippen LogP contribution in [-0.4, -0.2) is 24.1 Å². The number of hydrogen-bond acceptors (Lipinski definition) is 5. The van der Waals surface area contributed by atoms with Crippen molar-refractivity contribution < 1.29 is 19.1 Å². The Morgan fingerprint density at radius 2 is 1.85 bits per heavy atom. The van der Waals surface area contributed by atoms with Crippen LogP contribution < -0.4 is 10.1 Å². The van der Waals surface area contributed by atoms with E-state index in [0.717, 1.165) is 0 Å². The molecule has 0 aliphatic carbocycles. The Morgan fingerprint density at radius 1 is 1.12 bits per heavy atom. The molecule has 0 fully saturated rings. The lowest BCUT2D eigenvalue weighted by atomic mass is 9.97. The number of ether oxygens (including phenoxy) is 1. The van der Waals surface area contributed by atoms with Gasteiger partial charge in [0.25, 0.3) is 0 Å². The number of methoxy groups -OCH3 is 1. The van der Waals surface area contributed by atoms with E-state index in [2.05, 4.69) is 5.32 Å². The van der Waals surface area contributed by atoms with Crippen molar-refractivity contribution in [3.05, 3.63) is 83.3 Å². The van der Waals surface area contributed by atoms with Gasteiger partial charge in [0.2, 0.25) is 5.78 Å². The Kier molecular flexibility index (Phi) is 5.61. The molecule has 1 heterocycles. The Balaban J connectivity index is 1.96. The van der Waals surface area contributed by atoms with Gasteiger partial charge in [-0.05, 0) is 42.0 Å². The summed E-state index contributed by atoms with van der Waals surface area (Å²) in [7, 11) is 1.56. The first-order valence-electron chi connectivity index (χ1n) is 8.01. The maximum atomic E-state index is 12.6. The van der Waals surface area contributed by atoms with Gasteiger partial charge in [0.1, 0.15) is 11.9 Å². The molecule has 0 amide bonds. The van der Waals surface area contributed by atoms with E-state index in [4.69, 9.17) is 20.8 Å². The van der Waals surface area contributed by atoms with Crippen molar-refractivity contribution in [3.63, 3.8) is 0 Å². The summed E-state index contributed by atoms with van der Waals surface area (Å²) in [5.41, 5.74) is 1.36. The minimum atomic E-state index is -1.37. The maximum Gasteiger partial charge on any atom is 0.228 e. The minimum absolute atomic E-state index is 0.0956. The number of carbonyl (C=O) groups is 1. The lowest BCUT2D eigenvalue weighted by Crippen LogP contribution is -2.33. The van der Waals surface area contributed by atoms with Crippen molar-refractivity contribution in [2.45, 2.75) is 12.1 Å². The summed E-state index contributed by atoms with van der Waals surface area (Å²) in [6.45, 7) is 0. The third-order valence-electron chi connectivity index (χ3n) is 4.00. The molecule has 6 heteroatoms. The van der Waals surface area contributed by atoms with Gasteiger partial charge in [0.15, 0.2) is 5.76 Å². The molecule has 134 valence electrons. The number of aliphatic hydroxyl groups is 1. The normalized spacial score (nSPS) is 13.0. The molecule has 0 radical (unpaired) electrons. The number of aliphatic hydroxyl groups excluding tert-OH is 1. The molecule has 0 aliphatic heterocycles. The molecule has 0 bridgehead atoms. The van der Waals surface area contributed by atoms with Gasteiger partial charge in [-0.1, -0.05) is 35.9 Å². The Hall–Kier alpha value is -2.76. The zero-order valence-electron chi connectivity index (χ0n) is 14.1. The first-order valence-corrected chi connectivity index (χ1v) is 8.38. The van der Waals surface area contributed by atoms with Crippen LogP contribution in [0.4, 0.5) is 5.69 Å². The Labute approximate surface area is 156 Å². The van der Waals surface area contributed by atoms with E-state index in [1.54, 1.807) is 43.5 Å². The van der Waals surface area contributed by atoms with Gasteiger partial charge in [-0.3, -0.25) is 4.79 Å². The molecule has 0 aliphatic rings. The standard InChI is InChI=1S/C20H18ClNO4/c1-25-16-6-3-2-5-15(16)22-18(13-8-10-14(21)11-9-13)20(24)19(23)17-7-4-12-26-17/h2-12,18,20,22,24H,1H3/t18-,20+/m0/s1. The van der Waals surface area contributed by atoms with Gasteiger partial charge in [-0.25, -0.2) is 0 Å². The molecule has 2 aromatic carbocycles. The van der Waals surface area contributed by atoms with Crippen LogP contribution in [0.5, 0.6) is 5.75 Å². The number of benzene rings is 2. The predicted molar refractivity (Wildman–Crippen MR) is 99.9 cm³/mol. The molecule has 3 aromatic rings. The summed E-state index contributed by atoms with van der Waals surface area (Å²) < 4.78 is 10.5. The fourth-order valence-electron chi connectivity index (χ4n) is 2.66. The SMILES string of the molecule is COc1ccccc1N[C@@H](c1ccc(Cl)cc1)[C@@H](O)C(=O)c1ccco1. The number of Topliss-reactive ketones (excluding diaryl/α,β-unsaturated/α-hetero) is 1. The average molecular weight is 372 g/mol. The quantitative estimate of drug-likeness (QED) is 0.604. The summed E-state index contributed by atoms with van der Waals surface area (Å²) in [6, 6.07) is 16.6. The van der Waals surface area contributed by atoms with Crippen LogP contribution in [0.1, 0.15) is 22.2 Å². The van der Waals surface area contributed by atoms with Gasteiger partial charge >= 0.3 is 0 Å². The molecule has 2 N–H and O–H groups in total. The number of para-hydroxylation sites is 2. The highest BCUT2D eigenvalue weighted by molar-refractivity contribution is 6.30. The lowest BCUT2D eigenvalue weighted by molar-refractivity contribution is 0.0678. The number of halogens is 1. The van der Waals surface area contributed by atoms with Gasteiger partial charge in [0.05, 0.1) is 25.1 Å². The highest BCUT2D eigenvalue weighted by Crippen LogP contribution is 2.31. The van der Waals surface area contributed by atoms with E-state index < -0.39 is 17.9 Å². The van der Waals surface area contributed by atoms with Gasteiger partial charge in [-0.15, -0.1) is 0 Å². The minimum Gasteiger partial charge on any atom is -0.495 e. The van der Waals surface area contributed by atoms with Crippen molar-refractivity contribution >= 4 is 23.1 Å². The molecule has 3 rings (SSSR count). The summed E-state index contributed by atoms with van der Waals surface area (Å²) in [5.74, 6) is 0.180. The number of rotatable bonds is 7. The summed E-state index contributed by atoms with van der Waals surface area (Å²) in [4.78, 5) is 12.6.